The van der Waals surface area contributed by atoms with Crippen molar-refractivity contribution in [3.8, 4) is 0 Å². The van der Waals surface area contributed by atoms with Crippen LogP contribution in [-0.4, -0.2) is 25.0 Å². The molecular formula is C12H13F3N2O. The predicted molar refractivity (Wildman–Crippen MR) is 59.7 cm³/mol. The number of hydrogen-bond acceptors (Lipinski definition) is 2. The van der Waals surface area contributed by atoms with Crippen LogP contribution in [0.2, 0.25) is 0 Å². The predicted octanol–water partition coefficient (Wildman–Crippen LogP) is 1.59. The van der Waals surface area contributed by atoms with Crippen molar-refractivity contribution in [1.29, 1.82) is 0 Å². The maximum atomic E-state index is 13.0. The number of amides is 1. The molecule has 0 bridgehead atoms. The summed E-state index contributed by atoms with van der Waals surface area (Å²) in [7, 11) is 0. The number of piperidine rings is 1. The summed E-state index contributed by atoms with van der Waals surface area (Å²) in [4.78, 5) is 11.7. The first-order valence-corrected chi connectivity index (χ1v) is 5.74. The molecule has 1 fully saturated rings. The Hall–Kier alpha value is -1.56. The molecule has 1 heterocycles. The Kier molecular flexibility index (Phi) is 3.86. The third-order valence-electron chi connectivity index (χ3n) is 2.88. The normalized spacial score (nSPS) is 19.6. The number of halogens is 3. The first kappa shape index (κ1) is 12.9. The van der Waals surface area contributed by atoms with Crippen molar-refractivity contribution < 1.29 is 18.0 Å². The van der Waals surface area contributed by atoms with Crippen molar-refractivity contribution in [3.63, 3.8) is 0 Å². The molecule has 0 radical (unpaired) electrons. The number of carbonyl (C=O) groups excluding carboxylic acids is 1. The molecule has 6 heteroatoms. The van der Waals surface area contributed by atoms with E-state index in [4.69, 9.17) is 0 Å². The van der Waals surface area contributed by atoms with Gasteiger partial charge in [0.2, 0.25) is 0 Å². The monoisotopic (exact) mass is 258 g/mol. The van der Waals surface area contributed by atoms with Crippen LogP contribution < -0.4 is 10.6 Å². The zero-order chi connectivity index (χ0) is 13.1. The van der Waals surface area contributed by atoms with Crippen molar-refractivity contribution in [1.82, 2.24) is 10.6 Å². The highest BCUT2D eigenvalue weighted by Gasteiger charge is 2.19. The molecule has 1 unspecified atom stereocenters. The fourth-order valence-corrected chi connectivity index (χ4v) is 1.93. The molecule has 0 aliphatic carbocycles. The maximum Gasteiger partial charge on any atom is 0.251 e. The second kappa shape index (κ2) is 5.39. The van der Waals surface area contributed by atoms with Gasteiger partial charge in [-0.2, -0.15) is 0 Å². The summed E-state index contributed by atoms with van der Waals surface area (Å²) in [6.07, 6.45) is 1.74. The molecule has 2 rings (SSSR count). The fourth-order valence-electron chi connectivity index (χ4n) is 1.93. The summed E-state index contributed by atoms with van der Waals surface area (Å²) in [6, 6.07) is 1.33. The summed E-state index contributed by atoms with van der Waals surface area (Å²) in [6.45, 7) is 1.52. The smallest absolute Gasteiger partial charge is 0.251 e. The Bertz CT molecular complexity index is 436. The fraction of sp³-hybridized carbons (Fsp3) is 0.417. The van der Waals surface area contributed by atoms with Crippen LogP contribution in [0.25, 0.3) is 0 Å². The van der Waals surface area contributed by atoms with E-state index in [0.29, 0.717) is 18.7 Å². The topological polar surface area (TPSA) is 41.1 Å². The molecule has 1 saturated heterocycles. The highest BCUT2D eigenvalue weighted by Crippen LogP contribution is 2.14. The lowest BCUT2D eigenvalue weighted by Gasteiger charge is -2.23. The summed E-state index contributed by atoms with van der Waals surface area (Å²) >= 11 is 0. The molecule has 1 aromatic carbocycles. The van der Waals surface area contributed by atoms with Gasteiger partial charge in [0.1, 0.15) is 0 Å². The van der Waals surface area contributed by atoms with E-state index in [-0.39, 0.29) is 11.6 Å². The van der Waals surface area contributed by atoms with Crippen LogP contribution in [-0.2, 0) is 0 Å². The van der Waals surface area contributed by atoms with Gasteiger partial charge >= 0.3 is 0 Å². The van der Waals surface area contributed by atoms with Crippen LogP contribution in [0.3, 0.4) is 0 Å². The molecule has 1 aliphatic heterocycles. The van der Waals surface area contributed by atoms with Gasteiger partial charge in [0.05, 0.1) is 0 Å². The third-order valence-corrected chi connectivity index (χ3v) is 2.88. The van der Waals surface area contributed by atoms with Gasteiger partial charge in [0, 0.05) is 18.2 Å². The van der Waals surface area contributed by atoms with Crippen molar-refractivity contribution >= 4 is 5.91 Å². The van der Waals surface area contributed by atoms with Crippen LogP contribution in [0.5, 0.6) is 0 Å². The van der Waals surface area contributed by atoms with Crippen LogP contribution in [0.1, 0.15) is 23.2 Å². The van der Waals surface area contributed by atoms with E-state index in [9.17, 15) is 18.0 Å². The van der Waals surface area contributed by atoms with E-state index in [1.165, 1.54) is 0 Å². The number of benzene rings is 1. The highest BCUT2D eigenvalue weighted by atomic mass is 19.2. The largest absolute Gasteiger partial charge is 0.348 e. The average Bonchev–Trinajstić information content (AvgIpc) is 2.36. The molecule has 0 aromatic heterocycles. The highest BCUT2D eigenvalue weighted by molar-refractivity contribution is 5.94. The lowest BCUT2D eigenvalue weighted by Crippen LogP contribution is -2.45. The van der Waals surface area contributed by atoms with Crippen LogP contribution in [0.15, 0.2) is 12.1 Å². The molecule has 1 atom stereocenters. The molecule has 3 nitrogen and oxygen atoms in total. The standard InChI is InChI=1S/C12H13F3N2O/c13-9-4-7(5-10(14)11(9)15)12(18)17-8-2-1-3-16-6-8/h4-5,8,16H,1-3,6H2,(H,17,18). The molecule has 98 valence electrons. The minimum absolute atomic E-state index is 0.0672. The molecule has 1 aliphatic rings. The van der Waals surface area contributed by atoms with Crippen LogP contribution in [0.4, 0.5) is 13.2 Å². The number of carbonyl (C=O) groups is 1. The Balaban J connectivity index is 2.08. The van der Waals surface area contributed by atoms with Gasteiger partial charge in [0.15, 0.2) is 17.5 Å². The number of hydrogen-bond donors (Lipinski definition) is 2. The minimum Gasteiger partial charge on any atom is -0.348 e. The van der Waals surface area contributed by atoms with Gasteiger partial charge in [-0.05, 0) is 31.5 Å². The van der Waals surface area contributed by atoms with Crippen molar-refractivity contribution in [2.75, 3.05) is 13.1 Å². The van der Waals surface area contributed by atoms with Crippen molar-refractivity contribution in [2.24, 2.45) is 0 Å². The van der Waals surface area contributed by atoms with Gasteiger partial charge in [0.25, 0.3) is 5.91 Å². The Labute approximate surface area is 102 Å². The van der Waals surface area contributed by atoms with E-state index >= 15 is 0 Å². The molecule has 18 heavy (non-hydrogen) atoms. The SMILES string of the molecule is O=C(NC1CCCNC1)c1cc(F)c(F)c(F)c1. The van der Waals surface area contributed by atoms with E-state index in [2.05, 4.69) is 10.6 Å². The van der Waals surface area contributed by atoms with E-state index in [0.717, 1.165) is 19.4 Å². The Morgan fingerprint density at radius 2 is 1.94 bits per heavy atom. The second-order valence-electron chi connectivity index (χ2n) is 4.27. The average molecular weight is 258 g/mol. The van der Waals surface area contributed by atoms with E-state index in [1.54, 1.807) is 0 Å². The van der Waals surface area contributed by atoms with Crippen LogP contribution in [0, 0.1) is 17.5 Å². The van der Waals surface area contributed by atoms with Gasteiger partial charge in [-0.25, -0.2) is 13.2 Å². The molecule has 0 spiro atoms. The zero-order valence-electron chi connectivity index (χ0n) is 9.60. The molecule has 0 saturated carbocycles. The van der Waals surface area contributed by atoms with Gasteiger partial charge < -0.3 is 10.6 Å². The molecular weight excluding hydrogens is 245 g/mol. The Morgan fingerprint density at radius 3 is 2.50 bits per heavy atom. The third kappa shape index (κ3) is 2.81. The minimum atomic E-state index is -1.56. The van der Waals surface area contributed by atoms with Crippen molar-refractivity contribution in [3.05, 3.63) is 35.1 Å². The zero-order valence-corrected chi connectivity index (χ0v) is 9.60. The van der Waals surface area contributed by atoms with Gasteiger partial charge in [-0.1, -0.05) is 0 Å². The van der Waals surface area contributed by atoms with E-state index < -0.39 is 23.4 Å². The lowest BCUT2D eigenvalue weighted by atomic mass is 10.1. The summed E-state index contributed by atoms with van der Waals surface area (Å²) in [5.74, 6) is -4.88. The summed E-state index contributed by atoms with van der Waals surface area (Å²) in [5.41, 5.74) is -0.211. The van der Waals surface area contributed by atoms with Gasteiger partial charge in [-0.3, -0.25) is 4.79 Å². The van der Waals surface area contributed by atoms with Crippen molar-refractivity contribution in [2.45, 2.75) is 18.9 Å². The number of rotatable bonds is 2. The first-order valence-electron chi connectivity index (χ1n) is 5.74. The lowest BCUT2D eigenvalue weighted by molar-refractivity contribution is 0.0929. The Morgan fingerprint density at radius 1 is 1.28 bits per heavy atom. The van der Waals surface area contributed by atoms with Gasteiger partial charge in [-0.15, -0.1) is 0 Å². The maximum absolute atomic E-state index is 13.0. The first-order chi connectivity index (χ1) is 8.58. The molecule has 2 N–H and O–H groups in total. The van der Waals surface area contributed by atoms with E-state index in [1.807, 2.05) is 0 Å². The summed E-state index contributed by atoms with van der Waals surface area (Å²) < 4.78 is 38.7. The second-order valence-corrected chi connectivity index (χ2v) is 4.27. The van der Waals surface area contributed by atoms with Crippen LogP contribution >= 0.6 is 0 Å². The summed E-state index contributed by atoms with van der Waals surface area (Å²) in [5, 5.41) is 5.75. The number of nitrogens with one attached hydrogen (secondary N) is 2. The molecule has 1 amide bonds. The quantitative estimate of drug-likeness (QED) is 0.791. The molecule has 1 aromatic rings.